The standard InChI is InChI=1S/C26H41FN4O3/c1-19(32)31-12-11-24(30(13-14-34-2)18-22-7-9-23(27)10-8-22)15-25(31)26(33)29-17-21-5-3-20(16-28)4-6-21/h7-10,20-21,24-25H,3-6,11-18,28H2,1-2H3,(H,29,33)/t20?,21?,24?,25-/m1/s1. The quantitative estimate of drug-likeness (QED) is 0.542. The Bertz CT molecular complexity index is 783. The largest absolute Gasteiger partial charge is 0.383 e. The van der Waals surface area contributed by atoms with Crippen LogP contribution in [0.4, 0.5) is 4.39 Å². The van der Waals surface area contributed by atoms with Crippen LogP contribution >= 0.6 is 0 Å². The molecule has 3 N–H and O–H groups in total. The van der Waals surface area contributed by atoms with Crippen LogP contribution in [-0.4, -0.2) is 73.6 Å². The Morgan fingerprint density at radius 3 is 2.44 bits per heavy atom. The second-order valence-electron chi connectivity index (χ2n) is 9.86. The highest BCUT2D eigenvalue weighted by atomic mass is 19.1. The minimum absolute atomic E-state index is 0.0608. The number of carbonyl (C=O) groups excluding carboxylic acids is 2. The van der Waals surface area contributed by atoms with E-state index >= 15 is 0 Å². The maximum atomic E-state index is 13.4. The van der Waals surface area contributed by atoms with Gasteiger partial charge in [0.25, 0.3) is 0 Å². The number of nitrogens with one attached hydrogen (secondary N) is 1. The Labute approximate surface area is 203 Å². The highest BCUT2D eigenvalue weighted by molar-refractivity contribution is 5.87. The first kappa shape index (κ1) is 26.6. The van der Waals surface area contributed by atoms with Gasteiger partial charge in [-0.2, -0.15) is 0 Å². The van der Waals surface area contributed by atoms with Crippen molar-refractivity contribution in [3.63, 3.8) is 0 Å². The van der Waals surface area contributed by atoms with Gasteiger partial charge >= 0.3 is 0 Å². The lowest BCUT2D eigenvalue weighted by Gasteiger charge is -2.42. The number of halogens is 1. The molecule has 1 unspecified atom stereocenters. The van der Waals surface area contributed by atoms with Gasteiger partial charge in [0.2, 0.25) is 11.8 Å². The van der Waals surface area contributed by atoms with Crippen LogP contribution in [0.15, 0.2) is 24.3 Å². The number of methoxy groups -OCH3 is 1. The van der Waals surface area contributed by atoms with E-state index in [2.05, 4.69) is 10.2 Å². The molecule has 1 heterocycles. The lowest BCUT2D eigenvalue weighted by atomic mass is 9.82. The summed E-state index contributed by atoms with van der Waals surface area (Å²) in [6.07, 6.45) is 5.80. The molecular formula is C26H41FN4O3. The Morgan fingerprint density at radius 2 is 1.82 bits per heavy atom. The predicted molar refractivity (Wildman–Crippen MR) is 130 cm³/mol. The zero-order chi connectivity index (χ0) is 24.5. The van der Waals surface area contributed by atoms with Gasteiger partial charge in [0, 0.05) is 46.3 Å². The van der Waals surface area contributed by atoms with Crippen LogP contribution < -0.4 is 11.1 Å². The molecule has 7 nitrogen and oxygen atoms in total. The van der Waals surface area contributed by atoms with E-state index in [1.54, 1.807) is 24.1 Å². The summed E-state index contributed by atoms with van der Waals surface area (Å²) in [4.78, 5) is 29.6. The van der Waals surface area contributed by atoms with Crippen LogP contribution in [-0.2, 0) is 20.9 Å². The van der Waals surface area contributed by atoms with Crippen molar-refractivity contribution in [2.45, 2.75) is 64.1 Å². The van der Waals surface area contributed by atoms with Crippen LogP contribution in [0.5, 0.6) is 0 Å². The number of hydrogen-bond donors (Lipinski definition) is 2. The summed E-state index contributed by atoms with van der Waals surface area (Å²) in [5, 5.41) is 3.15. The number of hydrogen-bond acceptors (Lipinski definition) is 5. The molecule has 1 saturated carbocycles. The molecule has 1 aliphatic heterocycles. The second-order valence-corrected chi connectivity index (χ2v) is 9.86. The number of piperidine rings is 1. The lowest BCUT2D eigenvalue weighted by molar-refractivity contribution is -0.142. The lowest BCUT2D eigenvalue weighted by Crippen LogP contribution is -2.57. The summed E-state index contributed by atoms with van der Waals surface area (Å²) in [6, 6.07) is 6.19. The fourth-order valence-electron chi connectivity index (χ4n) is 5.36. The first-order chi connectivity index (χ1) is 16.4. The van der Waals surface area contributed by atoms with Crippen molar-refractivity contribution < 1.29 is 18.7 Å². The minimum Gasteiger partial charge on any atom is -0.383 e. The molecule has 2 amide bonds. The summed E-state index contributed by atoms with van der Waals surface area (Å²) in [5.74, 6) is 0.709. The molecule has 0 radical (unpaired) electrons. The molecule has 8 heteroatoms. The molecule has 3 rings (SSSR count). The number of benzene rings is 1. The molecule has 0 aromatic heterocycles. The molecule has 2 aliphatic rings. The Kier molecular flexibility index (Phi) is 10.3. The molecule has 1 aromatic rings. The van der Waals surface area contributed by atoms with Crippen molar-refractivity contribution in [1.29, 1.82) is 0 Å². The highest BCUT2D eigenvalue weighted by Crippen LogP contribution is 2.28. The van der Waals surface area contributed by atoms with Gasteiger partial charge in [-0.3, -0.25) is 14.5 Å². The Morgan fingerprint density at radius 1 is 1.15 bits per heavy atom. The number of nitrogens with two attached hydrogens (primary N) is 1. The first-order valence-electron chi connectivity index (χ1n) is 12.6. The average molecular weight is 477 g/mol. The van der Waals surface area contributed by atoms with Crippen LogP contribution in [0, 0.1) is 17.7 Å². The van der Waals surface area contributed by atoms with E-state index in [0.717, 1.165) is 44.2 Å². The van der Waals surface area contributed by atoms with Crippen molar-refractivity contribution in [2.75, 3.05) is 39.9 Å². The number of likely N-dealkylation sites (tertiary alicyclic amines) is 1. The number of rotatable bonds is 10. The molecule has 1 aliphatic carbocycles. The maximum absolute atomic E-state index is 13.4. The average Bonchev–Trinajstić information content (AvgIpc) is 2.86. The summed E-state index contributed by atoms with van der Waals surface area (Å²) in [7, 11) is 1.67. The second kappa shape index (κ2) is 13.2. The monoisotopic (exact) mass is 476 g/mol. The SMILES string of the molecule is COCCN(Cc1ccc(F)cc1)C1CCN(C(C)=O)[C@@H](C(=O)NCC2CCC(CN)CC2)C1. The zero-order valence-electron chi connectivity index (χ0n) is 20.7. The number of ether oxygens (including phenoxy) is 1. The Balaban J connectivity index is 1.63. The van der Waals surface area contributed by atoms with Gasteiger partial charge in [0.05, 0.1) is 6.61 Å². The zero-order valence-corrected chi connectivity index (χ0v) is 20.7. The van der Waals surface area contributed by atoms with Crippen molar-refractivity contribution in [1.82, 2.24) is 15.1 Å². The Hall–Kier alpha value is -2.03. The fourth-order valence-corrected chi connectivity index (χ4v) is 5.36. The number of amides is 2. The third kappa shape index (κ3) is 7.48. The third-order valence-electron chi connectivity index (χ3n) is 7.54. The molecular weight excluding hydrogens is 435 g/mol. The maximum Gasteiger partial charge on any atom is 0.242 e. The van der Waals surface area contributed by atoms with E-state index in [0.29, 0.717) is 51.0 Å². The van der Waals surface area contributed by atoms with Gasteiger partial charge in [-0.15, -0.1) is 0 Å². The predicted octanol–water partition coefficient (Wildman–Crippen LogP) is 2.53. The van der Waals surface area contributed by atoms with Crippen LogP contribution in [0.3, 0.4) is 0 Å². The normalized spacial score (nSPS) is 25.4. The van der Waals surface area contributed by atoms with Gasteiger partial charge < -0.3 is 20.7 Å². The van der Waals surface area contributed by atoms with Gasteiger partial charge in [0.15, 0.2) is 0 Å². The molecule has 2 atom stereocenters. The van der Waals surface area contributed by atoms with Crippen molar-refractivity contribution >= 4 is 11.8 Å². The number of nitrogens with zero attached hydrogens (tertiary/aromatic N) is 2. The molecule has 0 spiro atoms. The van der Waals surface area contributed by atoms with E-state index in [-0.39, 0.29) is 23.7 Å². The van der Waals surface area contributed by atoms with Crippen LogP contribution in [0.1, 0.15) is 51.0 Å². The molecule has 0 bridgehead atoms. The molecule has 1 saturated heterocycles. The minimum atomic E-state index is -0.477. The first-order valence-corrected chi connectivity index (χ1v) is 12.6. The van der Waals surface area contributed by atoms with Gasteiger partial charge in [0.1, 0.15) is 11.9 Å². The summed E-state index contributed by atoms with van der Waals surface area (Å²) >= 11 is 0. The van der Waals surface area contributed by atoms with E-state index in [4.69, 9.17) is 10.5 Å². The van der Waals surface area contributed by atoms with Crippen LogP contribution in [0.25, 0.3) is 0 Å². The van der Waals surface area contributed by atoms with Gasteiger partial charge in [-0.05, 0) is 74.6 Å². The molecule has 190 valence electrons. The summed E-state index contributed by atoms with van der Waals surface area (Å²) < 4.78 is 18.7. The molecule has 1 aromatic carbocycles. The van der Waals surface area contributed by atoms with E-state index in [9.17, 15) is 14.0 Å². The number of carbonyl (C=O) groups is 2. The van der Waals surface area contributed by atoms with Gasteiger partial charge in [-0.25, -0.2) is 4.39 Å². The summed E-state index contributed by atoms with van der Waals surface area (Å²) in [6.45, 7) is 5.41. The van der Waals surface area contributed by atoms with Crippen molar-refractivity contribution in [3.8, 4) is 0 Å². The molecule has 34 heavy (non-hydrogen) atoms. The fraction of sp³-hybridized carbons (Fsp3) is 0.692. The van der Waals surface area contributed by atoms with Gasteiger partial charge in [-0.1, -0.05) is 12.1 Å². The van der Waals surface area contributed by atoms with E-state index in [1.807, 2.05) is 0 Å². The smallest absolute Gasteiger partial charge is 0.242 e. The van der Waals surface area contributed by atoms with Crippen molar-refractivity contribution in [2.24, 2.45) is 17.6 Å². The van der Waals surface area contributed by atoms with E-state index < -0.39 is 6.04 Å². The molecule has 2 fully saturated rings. The topological polar surface area (TPSA) is 87.9 Å². The summed E-state index contributed by atoms with van der Waals surface area (Å²) in [5.41, 5.74) is 6.81. The highest BCUT2D eigenvalue weighted by Gasteiger charge is 2.37. The third-order valence-corrected chi connectivity index (χ3v) is 7.54. The van der Waals surface area contributed by atoms with Crippen molar-refractivity contribution in [3.05, 3.63) is 35.6 Å². The van der Waals surface area contributed by atoms with E-state index in [1.165, 1.54) is 19.1 Å². The van der Waals surface area contributed by atoms with Crippen LogP contribution in [0.2, 0.25) is 0 Å².